The first-order valence-electron chi connectivity index (χ1n) is 12.1. The molecule has 1 aliphatic rings. The van der Waals surface area contributed by atoms with E-state index >= 15 is 0 Å². The number of rotatable bonds is 11. The number of carbonyl (C=O) groups excluding carboxylic acids is 1. The molecule has 12 nitrogen and oxygen atoms in total. The fraction of sp³-hybridized carbons (Fsp3) is 0.192. The number of benzene rings is 2. The molecule has 0 radical (unpaired) electrons. The van der Waals surface area contributed by atoms with Gasteiger partial charge in [0.1, 0.15) is 47.9 Å². The van der Waals surface area contributed by atoms with Crippen molar-refractivity contribution in [3.8, 4) is 5.75 Å². The Labute approximate surface area is 227 Å². The fourth-order valence-corrected chi connectivity index (χ4v) is 3.72. The number of allylic oxidation sites excluding steroid dienone is 1. The van der Waals surface area contributed by atoms with Crippen LogP contribution >= 0.6 is 0 Å². The Morgan fingerprint density at radius 2 is 1.98 bits per heavy atom. The number of ether oxygens (including phenoxy) is 1. The third-order valence-corrected chi connectivity index (χ3v) is 5.61. The first-order chi connectivity index (χ1) is 19.3. The SMILES string of the molecule is CCOc1cc(F)c(CNc2ccccc2C(=N)c2nc(N)c(NC(=O)CO)c(NC3=CC=NCN3)n2)c(F)c1. The third-order valence-electron chi connectivity index (χ3n) is 5.61. The molecule has 2 heterocycles. The Kier molecular flexibility index (Phi) is 8.81. The van der Waals surface area contributed by atoms with Crippen LogP contribution in [0.4, 0.5) is 31.8 Å². The second-order valence-electron chi connectivity index (χ2n) is 8.31. The molecule has 0 unspecified atom stereocenters. The number of nitrogen functional groups attached to an aromatic ring is 1. The fourth-order valence-electron chi connectivity index (χ4n) is 3.72. The number of amides is 1. The summed E-state index contributed by atoms with van der Waals surface area (Å²) in [4.78, 5) is 24.5. The highest BCUT2D eigenvalue weighted by atomic mass is 19.1. The number of carbonyl (C=O) groups is 1. The van der Waals surface area contributed by atoms with E-state index < -0.39 is 24.1 Å². The Balaban J connectivity index is 1.64. The van der Waals surface area contributed by atoms with Crippen LogP contribution in [0.2, 0.25) is 0 Å². The minimum atomic E-state index is -0.793. The zero-order valence-electron chi connectivity index (χ0n) is 21.4. The van der Waals surface area contributed by atoms with E-state index in [1.807, 2.05) is 0 Å². The molecule has 0 aliphatic carbocycles. The molecular weight excluding hydrogens is 524 g/mol. The number of nitrogens with zero attached hydrogens (tertiary/aromatic N) is 3. The van der Waals surface area contributed by atoms with E-state index in [0.29, 0.717) is 23.7 Å². The van der Waals surface area contributed by atoms with Crippen molar-refractivity contribution in [2.45, 2.75) is 13.5 Å². The number of hydrogen-bond donors (Lipinski definition) is 7. The van der Waals surface area contributed by atoms with Gasteiger partial charge in [-0.2, -0.15) is 0 Å². The van der Waals surface area contributed by atoms with Crippen LogP contribution in [0.15, 0.2) is 53.3 Å². The summed E-state index contributed by atoms with van der Waals surface area (Å²) in [6, 6.07) is 8.86. The largest absolute Gasteiger partial charge is 0.494 e. The zero-order chi connectivity index (χ0) is 28.6. The molecule has 0 spiro atoms. The number of anilines is 4. The maximum absolute atomic E-state index is 14.6. The molecule has 0 saturated carbocycles. The van der Waals surface area contributed by atoms with Crippen molar-refractivity contribution < 1.29 is 23.4 Å². The van der Waals surface area contributed by atoms with Crippen LogP contribution in [0, 0.1) is 17.0 Å². The molecule has 3 aromatic rings. The second-order valence-corrected chi connectivity index (χ2v) is 8.31. The van der Waals surface area contributed by atoms with E-state index in [0.717, 1.165) is 12.1 Å². The van der Waals surface area contributed by atoms with Crippen LogP contribution < -0.4 is 31.7 Å². The van der Waals surface area contributed by atoms with Gasteiger partial charge in [-0.15, -0.1) is 0 Å². The van der Waals surface area contributed by atoms with Gasteiger partial charge in [0.15, 0.2) is 17.5 Å². The summed E-state index contributed by atoms with van der Waals surface area (Å²) in [6.07, 6.45) is 3.19. The van der Waals surface area contributed by atoms with E-state index in [4.69, 9.17) is 15.9 Å². The highest BCUT2D eigenvalue weighted by molar-refractivity contribution is 6.12. The summed E-state index contributed by atoms with van der Waals surface area (Å²) in [6.45, 7) is 1.28. The standard InChI is InChI=1S/C26H27F2N9O3/c1-2-40-14-9-17(27)16(18(28)10-14)11-32-19-6-4-3-5-15(19)22(29)25-36-24(30)23(35-21(39)12-38)26(37-25)34-20-7-8-31-13-33-20/h3-10,29,32-33,38H,2,11-13H2,1H3,(H,35,39)(H3,30,34,36,37). The monoisotopic (exact) mass is 551 g/mol. The normalized spacial score (nSPS) is 12.2. The van der Waals surface area contributed by atoms with Crippen molar-refractivity contribution in [3.05, 3.63) is 76.9 Å². The predicted octanol–water partition coefficient (Wildman–Crippen LogP) is 2.58. The van der Waals surface area contributed by atoms with Crippen LogP contribution in [0.1, 0.15) is 23.9 Å². The Hall–Kier alpha value is -5.11. The number of aromatic nitrogens is 2. The number of aliphatic hydroxyl groups excluding tert-OH is 1. The lowest BCUT2D eigenvalue weighted by atomic mass is 10.1. The summed E-state index contributed by atoms with van der Waals surface area (Å²) in [5.41, 5.74) is 6.50. The first-order valence-corrected chi connectivity index (χ1v) is 12.1. The molecule has 208 valence electrons. The van der Waals surface area contributed by atoms with Gasteiger partial charge < -0.3 is 36.8 Å². The summed E-state index contributed by atoms with van der Waals surface area (Å²) < 4.78 is 34.4. The molecule has 8 N–H and O–H groups in total. The summed E-state index contributed by atoms with van der Waals surface area (Å²) in [5.74, 6) is -1.89. The van der Waals surface area contributed by atoms with Gasteiger partial charge >= 0.3 is 0 Å². The van der Waals surface area contributed by atoms with Crippen LogP contribution in [0.5, 0.6) is 5.75 Å². The number of nitrogens with one attached hydrogen (secondary N) is 5. The molecule has 1 amide bonds. The van der Waals surface area contributed by atoms with Gasteiger partial charge in [0.2, 0.25) is 5.91 Å². The van der Waals surface area contributed by atoms with E-state index in [1.165, 1.54) is 0 Å². The second kappa shape index (κ2) is 12.6. The Morgan fingerprint density at radius 3 is 2.65 bits per heavy atom. The van der Waals surface area contributed by atoms with Gasteiger partial charge in [0.25, 0.3) is 0 Å². The minimum absolute atomic E-state index is 0.00803. The first kappa shape index (κ1) is 27.9. The maximum Gasteiger partial charge on any atom is 0.250 e. The van der Waals surface area contributed by atoms with Crippen LogP contribution in [-0.2, 0) is 11.3 Å². The molecule has 40 heavy (non-hydrogen) atoms. The number of para-hydroxylation sites is 1. The molecular formula is C26H27F2N9O3. The maximum atomic E-state index is 14.6. The van der Waals surface area contributed by atoms with Gasteiger partial charge in [-0.25, -0.2) is 18.7 Å². The Morgan fingerprint density at radius 1 is 1.23 bits per heavy atom. The molecule has 1 aliphatic heterocycles. The number of hydrogen-bond acceptors (Lipinski definition) is 11. The van der Waals surface area contributed by atoms with E-state index in [2.05, 4.69) is 36.2 Å². The van der Waals surface area contributed by atoms with Gasteiger partial charge in [0, 0.05) is 41.7 Å². The number of aliphatic imine (C=N–C) groups is 1. The van der Waals surface area contributed by atoms with Gasteiger partial charge in [0.05, 0.1) is 6.61 Å². The van der Waals surface area contributed by atoms with Crippen molar-refractivity contribution in [2.24, 2.45) is 4.99 Å². The number of halogens is 2. The minimum Gasteiger partial charge on any atom is -0.494 e. The van der Waals surface area contributed by atoms with Gasteiger partial charge in [-0.3, -0.25) is 15.2 Å². The molecule has 0 saturated heterocycles. The highest BCUT2D eigenvalue weighted by Gasteiger charge is 2.21. The topological polar surface area (TPSA) is 183 Å². The smallest absolute Gasteiger partial charge is 0.250 e. The highest BCUT2D eigenvalue weighted by Crippen LogP contribution is 2.29. The third kappa shape index (κ3) is 6.47. The van der Waals surface area contributed by atoms with Crippen LogP contribution in [0.3, 0.4) is 0 Å². The summed E-state index contributed by atoms with van der Waals surface area (Å²) in [7, 11) is 0. The van der Waals surface area contributed by atoms with E-state index in [1.54, 1.807) is 43.5 Å². The lowest BCUT2D eigenvalue weighted by Gasteiger charge is -2.19. The average Bonchev–Trinajstić information content (AvgIpc) is 2.94. The zero-order valence-corrected chi connectivity index (χ0v) is 21.4. The van der Waals surface area contributed by atoms with Crippen LogP contribution in [0.25, 0.3) is 0 Å². The van der Waals surface area contributed by atoms with Gasteiger partial charge in [-0.1, -0.05) is 18.2 Å². The van der Waals surface area contributed by atoms with Gasteiger partial charge in [-0.05, 0) is 19.1 Å². The van der Waals surface area contributed by atoms with Crippen molar-refractivity contribution >= 4 is 40.8 Å². The number of nitrogens with two attached hydrogens (primary N) is 1. The lowest BCUT2D eigenvalue weighted by molar-refractivity contribution is -0.118. The average molecular weight is 552 g/mol. The molecule has 0 fully saturated rings. The Bertz CT molecular complexity index is 1470. The lowest BCUT2D eigenvalue weighted by Crippen LogP contribution is -2.26. The molecule has 4 rings (SSSR count). The molecule has 2 aromatic carbocycles. The predicted molar refractivity (Wildman–Crippen MR) is 148 cm³/mol. The van der Waals surface area contributed by atoms with Crippen molar-refractivity contribution in [2.75, 3.05) is 41.6 Å². The van der Waals surface area contributed by atoms with E-state index in [-0.39, 0.29) is 53.3 Å². The summed E-state index contributed by atoms with van der Waals surface area (Å²) in [5, 5.41) is 29.4. The molecule has 14 heteroatoms. The van der Waals surface area contributed by atoms with Crippen molar-refractivity contribution in [1.29, 1.82) is 5.41 Å². The van der Waals surface area contributed by atoms with Crippen molar-refractivity contribution in [1.82, 2.24) is 15.3 Å². The van der Waals surface area contributed by atoms with Crippen molar-refractivity contribution in [3.63, 3.8) is 0 Å². The molecule has 1 aromatic heterocycles. The van der Waals surface area contributed by atoms with Crippen LogP contribution in [-0.4, -0.2) is 52.8 Å². The van der Waals surface area contributed by atoms with E-state index in [9.17, 15) is 18.7 Å². The molecule has 0 bridgehead atoms. The quantitative estimate of drug-likeness (QED) is 0.176. The number of aliphatic hydroxyl groups is 1. The molecule has 0 atom stereocenters. The summed E-state index contributed by atoms with van der Waals surface area (Å²) >= 11 is 0.